The summed E-state index contributed by atoms with van der Waals surface area (Å²) in [6, 6.07) is 8.08. The highest BCUT2D eigenvalue weighted by atomic mass is 16.5. The first-order valence-electron chi connectivity index (χ1n) is 6.32. The molecule has 1 aliphatic rings. The fourth-order valence-corrected chi connectivity index (χ4v) is 2.29. The second-order valence-corrected chi connectivity index (χ2v) is 4.75. The first kappa shape index (κ1) is 13.1. The van der Waals surface area contributed by atoms with Crippen LogP contribution in [0.5, 0.6) is 0 Å². The predicted molar refractivity (Wildman–Crippen MR) is 70.4 cm³/mol. The Morgan fingerprint density at radius 2 is 2.33 bits per heavy atom. The Labute approximate surface area is 108 Å². The van der Waals surface area contributed by atoms with E-state index in [0.29, 0.717) is 13.2 Å². The number of methoxy groups -OCH3 is 1. The van der Waals surface area contributed by atoms with Gasteiger partial charge in [-0.15, -0.1) is 0 Å². The first-order chi connectivity index (χ1) is 8.72. The molecule has 2 unspecified atom stereocenters. The van der Waals surface area contributed by atoms with Crippen LogP contribution in [0.15, 0.2) is 24.3 Å². The Bertz CT molecular complexity index is 420. The fraction of sp³-hybridized carbons (Fsp3) is 0.500. The summed E-state index contributed by atoms with van der Waals surface area (Å²) < 4.78 is 4.95. The van der Waals surface area contributed by atoms with Gasteiger partial charge in [0, 0.05) is 19.7 Å². The van der Waals surface area contributed by atoms with E-state index in [1.54, 1.807) is 7.11 Å². The predicted octanol–water partition coefficient (Wildman–Crippen LogP) is 0.806. The molecular formula is C14H20N2O2. The van der Waals surface area contributed by atoms with Gasteiger partial charge in [-0.1, -0.05) is 24.3 Å². The van der Waals surface area contributed by atoms with Crippen molar-refractivity contribution in [3.63, 3.8) is 0 Å². The number of ether oxygens (including phenoxy) is 1. The highest BCUT2D eigenvalue weighted by molar-refractivity contribution is 5.86. The van der Waals surface area contributed by atoms with Crippen LogP contribution in [0.25, 0.3) is 0 Å². The molecule has 0 radical (unpaired) electrons. The van der Waals surface area contributed by atoms with Gasteiger partial charge in [-0.25, -0.2) is 0 Å². The summed E-state index contributed by atoms with van der Waals surface area (Å²) in [4.78, 5) is 11.9. The van der Waals surface area contributed by atoms with Crippen molar-refractivity contribution >= 4 is 5.91 Å². The van der Waals surface area contributed by atoms with Crippen LogP contribution in [0.1, 0.15) is 23.5 Å². The molecule has 0 saturated heterocycles. The summed E-state index contributed by atoms with van der Waals surface area (Å²) in [5.41, 5.74) is 8.24. The fourth-order valence-electron chi connectivity index (χ4n) is 2.29. The molecule has 0 heterocycles. The largest absolute Gasteiger partial charge is 0.383 e. The Hall–Kier alpha value is -1.39. The van der Waals surface area contributed by atoms with Crippen LogP contribution in [-0.2, 0) is 16.0 Å². The monoisotopic (exact) mass is 248 g/mol. The molecule has 18 heavy (non-hydrogen) atoms. The zero-order valence-electron chi connectivity index (χ0n) is 10.7. The van der Waals surface area contributed by atoms with Gasteiger partial charge in [-0.2, -0.15) is 0 Å². The molecule has 0 aliphatic heterocycles. The van der Waals surface area contributed by atoms with Crippen molar-refractivity contribution in [3.8, 4) is 0 Å². The van der Waals surface area contributed by atoms with Gasteiger partial charge in [0.05, 0.1) is 12.5 Å². The minimum Gasteiger partial charge on any atom is -0.383 e. The number of hydrogen-bond acceptors (Lipinski definition) is 3. The van der Waals surface area contributed by atoms with Crippen LogP contribution in [0, 0.1) is 0 Å². The van der Waals surface area contributed by atoms with Crippen molar-refractivity contribution in [2.75, 3.05) is 20.3 Å². The smallest absolute Gasteiger partial charge is 0.227 e. The highest BCUT2D eigenvalue weighted by Gasteiger charge is 2.31. The Kier molecular flexibility index (Phi) is 4.33. The maximum Gasteiger partial charge on any atom is 0.227 e. The van der Waals surface area contributed by atoms with E-state index in [0.717, 1.165) is 18.4 Å². The summed E-state index contributed by atoms with van der Waals surface area (Å²) in [6.45, 7) is 1.14. The summed E-state index contributed by atoms with van der Waals surface area (Å²) in [6.07, 6.45) is 1.60. The zero-order valence-corrected chi connectivity index (χ0v) is 10.7. The minimum atomic E-state index is -0.0102. The molecule has 4 nitrogen and oxygen atoms in total. The molecule has 1 aromatic rings. The van der Waals surface area contributed by atoms with Gasteiger partial charge in [0.2, 0.25) is 5.91 Å². The number of benzene rings is 1. The molecular weight excluding hydrogens is 228 g/mol. The van der Waals surface area contributed by atoms with Crippen LogP contribution in [0.3, 0.4) is 0 Å². The van der Waals surface area contributed by atoms with Gasteiger partial charge < -0.3 is 15.8 Å². The summed E-state index contributed by atoms with van der Waals surface area (Å²) in [5, 5.41) is 2.94. The van der Waals surface area contributed by atoms with E-state index in [2.05, 4.69) is 11.4 Å². The van der Waals surface area contributed by atoms with Crippen LogP contribution in [-0.4, -0.2) is 32.2 Å². The average Bonchev–Trinajstić information content (AvgIpc) is 2.31. The number of nitrogens with two attached hydrogens (primary N) is 1. The Morgan fingerprint density at radius 1 is 1.56 bits per heavy atom. The number of carbonyl (C=O) groups excluding carboxylic acids is 1. The molecule has 3 N–H and O–H groups in total. The highest BCUT2D eigenvalue weighted by Crippen LogP contribution is 2.34. The number of rotatable bonds is 6. The van der Waals surface area contributed by atoms with Gasteiger partial charge in [0.25, 0.3) is 0 Å². The Morgan fingerprint density at radius 3 is 3.06 bits per heavy atom. The third-order valence-electron chi connectivity index (χ3n) is 3.37. The number of hydrogen-bond donors (Lipinski definition) is 2. The van der Waals surface area contributed by atoms with E-state index < -0.39 is 0 Å². The van der Waals surface area contributed by atoms with Gasteiger partial charge in [0.1, 0.15) is 0 Å². The van der Waals surface area contributed by atoms with Crippen molar-refractivity contribution in [1.82, 2.24) is 5.32 Å². The molecule has 1 aliphatic carbocycles. The third-order valence-corrected chi connectivity index (χ3v) is 3.37. The number of nitrogens with one attached hydrogen (secondary N) is 1. The molecule has 0 bridgehead atoms. The number of fused-ring (bicyclic) bond motifs is 1. The van der Waals surface area contributed by atoms with E-state index >= 15 is 0 Å². The number of amides is 1. The molecule has 0 fully saturated rings. The van der Waals surface area contributed by atoms with Crippen molar-refractivity contribution in [2.24, 2.45) is 5.73 Å². The van der Waals surface area contributed by atoms with E-state index in [1.807, 2.05) is 18.2 Å². The molecule has 1 aromatic carbocycles. The molecule has 98 valence electrons. The maximum absolute atomic E-state index is 11.9. The normalized spacial score (nSPS) is 18.7. The summed E-state index contributed by atoms with van der Waals surface area (Å²) in [5.74, 6) is 0.137. The van der Waals surface area contributed by atoms with Crippen LogP contribution in [0.2, 0.25) is 0 Å². The molecule has 0 spiro atoms. The molecule has 2 atom stereocenters. The van der Waals surface area contributed by atoms with Crippen LogP contribution >= 0.6 is 0 Å². The minimum absolute atomic E-state index is 0.0102. The molecule has 0 aromatic heterocycles. The molecule has 1 amide bonds. The van der Waals surface area contributed by atoms with E-state index in [1.165, 1.54) is 5.56 Å². The van der Waals surface area contributed by atoms with Crippen LogP contribution in [0.4, 0.5) is 0 Å². The average molecular weight is 248 g/mol. The van der Waals surface area contributed by atoms with E-state index in [9.17, 15) is 4.79 Å². The second kappa shape index (κ2) is 5.98. The van der Waals surface area contributed by atoms with Gasteiger partial charge in [-0.05, 0) is 24.0 Å². The maximum atomic E-state index is 11.9. The molecule has 0 saturated carbocycles. The standard InChI is InChI=1S/C14H20N2O2/c1-18-9-11(15)6-7-16-14(17)13-8-10-4-2-3-5-12(10)13/h2-5,11,13H,6-9,15H2,1H3,(H,16,17). The van der Waals surface area contributed by atoms with Gasteiger partial charge in [0.15, 0.2) is 0 Å². The van der Waals surface area contributed by atoms with E-state index in [-0.39, 0.29) is 17.9 Å². The van der Waals surface area contributed by atoms with E-state index in [4.69, 9.17) is 10.5 Å². The summed E-state index contributed by atoms with van der Waals surface area (Å²) in [7, 11) is 1.63. The van der Waals surface area contributed by atoms with Crippen molar-refractivity contribution < 1.29 is 9.53 Å². The van der Waals surface area contributed by atoms with Crippen molar-refractivity contribution in [3.05, 3.63) is 35.4 Å². The topological polar surface area (TPSA) is 64.3 Å². The first-order valence-corrected chi connectivity index (χ1v) is 6.32. The lowest BCUT2D eigenvalue weighted by molar-refractivity contribution is -0.123. The van der Waals surface area contributed by atoms with Crippen LogP contribution < -0.4 is 11.1 Å². The molecule has 2 rings (SSSR count). The number of carbonyl (C=O) groups is 1. The van der Waals surface area contributed by atoms with Crippen molar-refractivity contribution in [1.29, 1.82) is 0 Å². The third kappa shape index (κ3) is 2.89. The Balaban J connectivity index is 1.74. The zero-order chi connectivity index (χ0) is 13.0. The van der Waals surface area contributed by atoms with Crippen molar-refractivity contribution in [2.45, 2.75) is 24.8 Å². The molecule has 4 heteroatoms. The quantitative estimate of drug-likeness (QED) is 0.783. The lowest BCUT2D eigenvalue weighted by atomic mass is 9.77. The SMILES string of the molecule is COCC(N)CCNC(=O)C1Cc2ccccc21. The lowest BCUT2D eigenvalue weighted by Gasteiger charge is -2.29. The van der Waals surface area contributed by atoms with Gasteiger partial charge >= 0.3 is 0 Å². The van der Waals surface area contributed by atoms with Gasteiger partial charge in [-0.3, -0.25) is 4.79 Å². The lowest BCUT2D eigenvalue weighted by Crippen LogP contribution is -2.38. The summed E-state index contributed by atoms with van der Waals surface area (Å²) >= 11 is 0. The second-order valence-electron chi connectivity index (χ2n) is 4.75.